The molecule has 1 aromatic rings. The van der Waals surface area contributed by atoms with Crippen LogP contribution in [0.2, 0.25) is 0 Å². The van der Waals surface area contributed by atoms with Crippen LogP contribution in [0.1, 0.15) is 49.4 Å². The van der Waals surface area contributed by atoms with E-state index < -0.39 is 0 Å². The molecule has 1 N–H and O–H groups in total. The van der Waals surface area contributed by atoms with Gasteiger partial charge in [-0.3, -0.25) is 0 Å². The van der Waals surface area contributed by atoms with Gasteiger partial charge in [0.05, 0.1) is 0 Å². The smallest absolute Gasteiger partial charge is 0.0388 e. The zero-order valence-corrected chi connectivity index (χ0v) is 13.6. The second-order valence-corrected chi connectivity index (χ2v) is 7.22. The van der Waals surface area contributed by atoms with Crippen molar-refractivity contribution in [3.63, 3.8) is 0 Å². The zero-order chi connectivity index (χ0) is 13.8. The number of nitrogens with one attached hydrogen (secondary N) is 1. The molecule has 2 rings (SSSR count). The Morgan fingerprint density at radius 2 is 2.00 bits per heavy atom. The summed E-state index contributed by atoms with van der Waals surface area (Å²) in [5, 5.41) is 3.80. The molecular formula is C16H28N2S. The van der Waals surface area contributed by atoms with Gasteiger partial charge in [0.15, 0.2) is 0 Å². The van der Waals surface area contributed by atoms with Crippen LogP contribution < -0.4 is 5.32 Å². The molecule has 0 saturated carbocycles. The molecule has 0 amide bonds. The maximum Gasteiger partial charge on any atom is 0.0388 e. The van der Waals surface area contributed by atoms with Gasteiger partial charge >= 0.3 is 0 Å². The summed E-state index contributed by atoms with van der Waals surface area (Å²) in [6.07, 6.45) is 2.69. The molecule has 3 heteroatoms. The van der Waals surface area contributed by atoms with Crippen LogP contribution in [0.3, 0.4) is 0 Å². The Hall–Kier alpha value is -0.380. The molecular weight excluding hydrogens is 252 g/mol. The topological polar surface area (TPSA) is 15.3 Å². The van der Waals surface area contributed by atoms with Crippen LogP contribution in [0.25, 0.3) is 0 Å². The Morgan fingerprint density at radius 3 is 2.53 bits per heavy atom. The van der Waals surface area contributed by atoms with Gasteiger partial charge < -0.3 is 10.2 Å². The van der Waals surface area contributed by atoms with Gasteiger partial charge in [-0.05, 0) is 71.3 Å². The Balaban J connectivity index is 1.82. The highest BCUT2D eigenvalue weighted by Crippen LogP contribution is 2.26. The summed E-state index contributed by atoms with van der Waals surface area (Å²) < 4.78 is 0. The van der Waals surface area contributed by atoms with Crippen LogP contribution in [-0.2, 0) is 0 Å². The van der Waals surface area contributed by atoms with Gasteiger partial charge in [-0.15, -0.1) is 11.3 Å². The van der Waals surface area contributed by atoms with E-state index in [1.165, 1.54) is 42.2 Å². The number of nitrogens with zero attached hydrogens (tertiary/aromatic N) is 1. The summed E-state index contributed by atoms with van der Waals surface area (Å²) in [6, 6.07) is 5.60. The van der Waals surface area contributed by atoms with E-state index in [0.717, 1.165) is 5.92 Å². The van der Waals surface area contributed by atoms with Crippen LogP contribution in [0.5, 0.6) is 0 Å². The van der Waals surface area contributed by atoms with Crippen molar-refractivity contribution in [2.45, 2.75) is 52.6 Å². The summed E-state index contributed by atoms with van der Waals surface area (Å²) in [4.78, 5) is 5.44. The normalized spacial score (nSPS) is 21.5. The van der Waals surface area contributed by atoms with Crippen molar-refractivity contribution < 1.29 is 0 Å². The molecule has 0 spiro atoms. The lowest BCUT2D eigenvalue weighted by Crippen LogP contribution is -2.42. The molecule has 19 heavy (non-hydrogen) atoms. The van der Waals surface area contributed by atoms with Gasteiger partial charge in [0.1, 0.15) is 0 Å². The number of likely N-dealkylation sites (tertiary alicyclic amines) is 1. The standard InChI is InChI=1S/C16H28N2S/c1-5-18-10-8-15(9-11-18)13(3)17-14(4)16-7-6-12(2)19-16/h6-7,13-15,17H,5,8-11H2,1-4H3. The third-order valence-corrected chi connectivity index (χ3v) is 5.67. The van der Waals surface area contributed by atoms with Gasteiger partial charge in [0, 0.05) is 21.8 Å². The number of hydrogen-bond donors (Lipinski definition) is 1. The predicted octanol–water partition coefficient (Wildman–Crippen LogP) is 3.83. The van der Waals surface area contributed by atoms with Crippen molar-refractivity contribution in [1.29, 1.82) is 0 Å². The molecule has 1 saturated heterocycles. The monoisotopic (exact) mass is 280 g/mol. The first kappa shape index (κ1) is 15.0. The Labute approximate surface area is 122 Å². The number of aryl methyl sites for hydroxylation is 1. The van der Waals surface area contributed by atoms with E-state index in [-0.39, 0.29) is 0 Å². The van der Waals surface area contributed by atoms with Crippen LogP contribution >= 0.6 is 11.3 Å². The summed E-state index contributed by atoms with van der Waals surface area (Å²) in [5.41, 5.74) is 0. The molecule has 0 radical (unpaired) electrons. The van der Waals surface area contributed by atoms with E-state index >= 15 is 0 Å². The highest BCUT2D eigenvalue weighted by Gasteiger charge is 2.24. The van der Waals surface area contributed by atoms with E-state index in [1.807, 2.05) is 11.3 Å². The summed E-state index contributed by atoms with van der Waals surface area (Å²) in [6.45, 7) is 12.9. The first-order chi connectivity index (χ1) is 9.10. The van der Waals surface area contributed by atoms with Crippen molar-refractivity contribution in [1.82, 2.24) is 10.2 Å². The molecule has 2 atom stereocenters. The second-order valence-electron chi connectivity index (χ2n) is 5.90. The van der Waals surface area contributed by atoms with Gasteiger partial charge in [0.25, 0.3) is 0 Å². The molecule has 1 aliphatic heterocycles. The van der Waals surface area contributed by atoms with Crippen LogP contribution in [0, 0.1) is 12.8 Å². The molecule has 1 aromatic heterocycles. The van der Waals surface area contributed by atoms with Crippen molar-refractivity contribution in [2.24, 2.45) is 5.92 Å². The fourth-order valence-corrected chi connectivity index (χ4v) is 3.96. The third kappa shape index (κ3) is 4.04. The second kappa shape index (κ2) is 6.87. The van der Waals surface area contributed by atoms with Crippen LogP contribution in [-0.4, -0.2) is 30.6 Å². The molecule has 108 valence electrons. The summed E-state index contributed by atoms with van der Waals surface area (Å²) in [5.74, 6) is 0.839. The largest absolute Gasteiger partial charge is 0.307 e. The molecule has 1 aliphatic rings. The van der Waals surface area contributed by atoms with Crippen molar-refractivity contribution in [3.8, 4) is 0 Å². The SMILES string of the molecule is CCN1CCC(C(C)NC(C)c2ccc(C)s2)CC1. The van der Waals surface area contributed by atoms with Crippen LogP contribution in [0.15, 0.2) is 12.1 Å². The predicted molar refractivity (Wildman–Crippen MR) is 84.9 cm³/mol. The van der Waals surface area contributed by atoms with Crippen LogP contribution in [0.4, 0.5) is 0 Å². The zero-order valence-electron chi connectivity index (χ0n) is 12.8. The Morgan fingerprint density at radius 1 is 1.32 bits per heavy atom. The lowest BCUT2D eigenvalue weighted by atomic mass is 9.90. The number of piperidine rings is 1. The molecule has 1 fully saturated rings. The summed E-state index contributed by atoms with van der Waals surface area (Å²) in [7, 11) is 0. The maximum absolute atomic E-state index is 3.80. The Kier molecular flexibility index (Phi) is 5.43. The quantitative estimate of drug-likeness (QED) is 0.882. The molecule has 0 bridgehead atoms. The first-order valence-corrected chi connectivity index (χ1v) is 8.46. The maximum atomic E-state index is 3.80. The minimum Gasteiger partial charge on any atom is -0.307 e. The number of rotatable bonds is 5. The minimum absolute atomic E-state index is 0.484. The number of hydrogen-bond acceptors (Lipinski definition) is 3. The van der Waals surface area contributed by atoms with Crippen molar-refractivity contribution in [3.05, 3.63) is 21.9 Å². The minimum atomic E-state index is 0.484. The highest BCUT2D eigenvalue weighted by atomic mass is 32.1. The van der Waals surface area contributed by atoms with Gasteiger partial charge in [-0.2, -0.15) is 0 Å². The fourth-order valence-electron chi connectivity index (χ4n) is 3.07. The van der Waals surface area contributed by atoms with E-state index in [1.54, 1.807) is 0 Å². The molecule has 2 heterocycles. The average Bonchev–Trinajstić information content (AvgIpc) is 2.85. The van der Waals surface area contributed by atoms with Gasteiger partial charge in [-0.1, -0.05) is 6.92 Å². The van der Waals surface area contributed by atoms with Crippen molar-refractivity contribution in [2.75, 3.05) is 19.6 Å². The van der Waals surface area contributed by atoms with Crippen molar-refractivity contribution >= 4 is 11.3 Å². The van der Waals surface area contributed by atoms with E-state index in [4.69, 9.17) is 0 Å². The molecule has 2 nitrogen and oxygen atoms in total. The number of thiophene rings is 1. The van der Waals surface area contributed by atoms with Gasteiger partial charge in [0.2, 0.25) is 0 Å². The molecule has 0 aliphatic carbocycles. The third-order valence-electron chi connectivity index (χ3n) is 4.49. The highest BCUT2D eigenvalue weighted by molar-refractivity contribution is 7.12. The molecule has 2 unspecified atom stereocenters. The van der Waals surface area contributed by atoms with E-state index in [0.29, 0.717) is 12.1 Å². The lowest BCUT2D eigenvalue weighted by Gasteiger charge is -2.35. The first-order valence-electron chi connectivity index (χ1n) is 7.65. The molecule has 0 aromatic carbocycles. The lowest BCUT2D eigenvalue weighted by molar-refractivity contribution is 0.165. The van der Waals surface area contributed by atoms with E-state index in [2.05, 4.69) is 50.0 Å². The Bertz CT molecular complexity index is 380. The average molecular weight is 280 g/mol. The fraction of sp³-hybridized carbons (Fsp3) is 0.750. The van der Waals surface area contributed by atoms with E-state index in [9.17, 15) is 0 Å². The van der Waals surface area contributed by atoms with Gasteiger partial charge in [-0.25, -0.2) is 0 Å². The summed E-state index contributed by atoms with van der Waals surface area (Å²) >= 11 is 1.92.